The van der Waals surface area contributed by atoms with E-state index in [1.165, 1.54) is 12.0 Å². The molecular formula is C19H15NO4. The molecule has 2 aromatic rings. The van der Waals surface area contributed by atoms with Crippen molar-refractivity contribution < 1.29 is 19.1 Å². The Hall–Kier alpha value is -2.95. The largest absolute Gasteiger partial charge is 0.468 e. The van der Waals surface area contributed by atoms with Crippen LogP contribution in [-0.2, 0) is 14.9 Å². The highest BCUT2D eigenvalue weighted by molar-refractivity contribution is 6.22. The topological polar surface area (TPSA) is 63.7 Å². The molecular weight excluding hydrogens is 306 g/mol. The average Bonchev–Trinajstić information content (AvgIpc) is 3.32. The summed E-state index contributed by atoms with van der Waals surface area (Å²) >= 11 is 0. The normalized spacial score (nSPS) is 24.7. The number of esters is 1. The summed E-state index contributed by atoms with van der Waals surface area (Å²) in [6, 6.07) is 15.4. The molecule has 1 heterocycles. The summed E-state index contributed by atoms with van der Waals surface area (Å²) in [5, 5.41) is 0. The molecule has 120 valence electrons. The molecule has 24 heavy (non-hydrogen) atoms. The molecule has 0 spiro atoms. The van der Waals surface area contributed by atoms with Crippen molar-refractivity contribution in [1.82, 2.24) is 4.90 Å². The van der Waals surface area contributed by atoms with E-state index in [9.17, 15) is 14.4 Å². The fraction of sp³-hybridized carbons (Fsp3) is 0.211. The van der Waals surface area contributed by atoms with E-state index in [0.717, 1.165) is 5.56 Å². The van der Waals surface area contributed by atoms with Crippen LogP contribution in [0.4, 0.5) is 0 Å². The first-order valence-corrected chi connectivity index (χ1v) is 7.72. The number of fused-ring (bicyclic) bond motifs is 1. The minimum absolute atomic E-state index is 0.345. The smallest absolute Gasteiger partial charge is 0.318 e. The van der Waals surface area contributed by atoms with Crippen LogP contribution in [0.3, 0.4) is 0 Å². The van der Waals surface area contributed by atoms with Crippen LogP contribution in [0, 0.1) is 0 Å². The summed E-state index contributed by atoms with van der Waals surface area (Å²) in [5.74, 6) is -1.11. The third-order valence-electron chi connectivity index (χ3n) is 4.90. The lowest BCUT2D eigenvalue weighted by molar-refractivity contribution is -0.144. The second-order valence-corrected chi connectivity index (χ2v) is 6.07. The molecule has 2 aromatic carbocycles. The van der Waals surface area contributed by atoms with E-state index < -0.39 is 17.4 Å². The van der Waals surface area contributed by atoms with E-state index in [2.05, 4.69) is 0 Å². The van der Waals surface area contributed by atoms with Crippen LogP contribution < -0.4 is 0 Å². The van der Waals surface area contributed by atoms with Gasteiger partial charge in [0.05, 0.1) is 24.3 Å². The summed E-state index contributed by atoms with van der Waals surface area (Å²) in [4.78, 5) is 39.0. The van der Waals surface area contributed by atoms with Gasteiger partial charge in [-0.2, -0.15) is 0 Å². The Morgan fingerprint density at radius 3 is 2.08 bits per heavy atom. The van der Waals surface area contributed by atoms with Crippen LogP contribution in [0.2, 0.25) is 0 Å². The van der Waals surface area contributed by atoms with Gasteiger partial charge in [-0.3, -0.25) is 19.3 Å². The summed E-state index contributed by atoms with van der Waals surface area (Å²) < 4.78 is 4.98. The van der Waals surface area contributed by atoms with E-state index in [1.807, 2.05) is 30.3 Å². The van der Waals surface area contributed by atoms with Crippen LogP contribution in [0.15, 0.2) is 54.6 Å². The first-order chi connectivity index (χ1) is 11.6. The van der Waals surface area contributed by atoms with Gasteiger partial charge in [0.1, 0.15) is 5.41 Å². The first-order valence-electron chi connectivity index (χ1n) is 7.72. The van der Waals surface area contributed by atoms with Gasteiger partial charge in [-0.25, -0.2) is 0 Å². The Labute approximate surface area is 138 Å². The number of rotatable bonds is 3. The van der Waals surface area contributed by atoms with E-state index in [1.54, 1.807) is 24.3 Å². The summed E-state index contributed by atoms with van der Waals surface area (Å²) in [6.45, 7) is 0. The van der Waals surface area contributed by atoms with Crippen LogP contribution in [0.5, 0.6) is 0 Å². The molecule has 0 aromatic heterocycles. The highest BCUT2D eigenvalue weighted by Gasteiger charge is 2.67. The van der Waals surface area contributed by atoms with E-state index in [-0.39, 0.29) is 11.8 Å². The SMILES string of the molecule is COC(=O)[C@@]1(c2ccccc2)C[C@@H]1N1C(=O)c2ccccc2C1=O. The molecule has 2 atom stereocenters. The summed E-state index contributed by atoms with van der Waals surface area (Å²) in [6.07, 6.45) is 0.384. The quantitative estimate of drug-likeness (QED) is 0.642. The summed E-state index contributed by atoms with van der Waals surface area (Å²) in [7, 11) is 1.32. The van der Waals surface area contributed by atoms with E-state index in [4.69, 9.17) is 4.74 Å². The number of hydrogen-bond acceptors (Lipinski definition) is 4. The molecule has 1 fully saturated rings. The predicted octanol–water partition coefficient (Wildman–Crippen LogP) is 2.17. The molecule has 4 rings (SSSR count). The molecule has 0 saturated heterocycles. The Morgan fingerprint density at radius 2 is 1.54 bits per heavy atom. The predicted molar refractivity (Wildman–Crippen MR) is 85.5 cm³/mol. The van der Waals surface area contributed by atoms with Gasteiger partial charge in [0.2, 0.25) is 0 Å². The van der Waals surface area contributed by atoms with Crippen molar-refractivity contribution in [3.8, 4) is 0 Å². The van der Waals surface area contributed by atoms with E-state index in [0.29, 0.717) is 17.5 Å². The molecule has 0 N–H and O–H groups in total. The second kappa shape index (κ2) is 5.03. The monoisotopic (exact) mass is 321 g/mol. The van der Waals surface area contributed by atoms with Crippen LogP contribution >= 0.6 is 0 Å². The second-order valence-electron chi connectivity index (χ2n) is 6.07. The fourth-order valence-electron chi connectivity index (χ4n) is 3.61. The molecule has 2 amide bonds. The van der Waals surface area contributed by atoms with Gasteiger partial charge >= 0.3 is 5.97 Å². The zero-order valence-corrected chi connectivity index (χ0v) is 13.1. The van der Waals surface area contributed by atoms with Crippen molar-refractivity contribution in [2.24, 2.45) is 0 Å². The highest BCUT2D eigenvalue weighted by atomic mass is 16.5. The molecule has 1 aliphatic carbocycles. The van der Waals surface area contributed by atoms with Crippen molar-refractivity contribution in [2.45, 2.75) is 17.9 Å². The van der Waals surface area contributed by atoms with Crippen molar-refractivity contribution in [3.63, 3.8) is 0 Å². The number of ether oxygens (including phenoxy) is 1. The molecule has 2 aliphatic rings. The highest BCUT2D eigenvalue weighted by Crippen LogP contribution is 2.54. The zero-order chi connectivity index (χ0) is 16.9. The molecule has 5 nitrogen and oxygen atoms in total. The van der Waals surface area contributed by atoms with Gasteiger partial charge in [-0.05, 0) is 24.1 Å². The lowest BCUT2D eigenvalue weighted by Gasteiger charge is -2.20. The van der Waals surface area contributed by atoms with Crippen molar-refractivity contribution >= 4 is 17.8 Å². The number of carbonyl (C=O) groups is 3. The lowest BCUT2D eigenvalue weighted by atomic mass is 9.95. The third-order valence-corrected chi connectivity index (χ3v) is 4.90. The zero-order valence-electron chi connectivity index (χ0n) is 13.1. The molecule has 5 heteroatoms. The van der Waals surface area contributed by atoms with Gasteiger partial charge in [-0.15, -0.1) is 0 Å². The van der Waals surface area contributed by atoms with Crippen LogP contribution in [-0.4, -0.2) is 35.8 Å². The molecule has 0 radical (unpaired) electrons. The molecule has 1 aliphatic heterocycles. The number of methoxy groups -OCH3 is 1. The van der Waals surface area contributed by atoms with Gasteiger partial charge in [0, 0.05) is 0 Å². The number of benzene rings is 2. The lowest BCUT2D eigenvalue weighted by Crippen LogP contribution is -2.39. The van der Waals surface area contributed by atoms with Gasteiger partial charge in [0.15, 0.2) is 0 Å². The average molecular weight is 321 g/mol. The summed E-state index contributed by atoms with van der Waals surface area (Å²) in [5.41, 5.74) is 0.574. The minimum atomic E-state index is -0.969. The Bertz CT molecular complexity index is 826. The molecule has 0 unspecified atom stereocenters. The number of amides is 2. The third kappa shape index (κ3) is 1.78. The maximum absolute atomic E-state index is 12.7. The Kier molecular flexibility index (Phi) is 3.06. The van der Waals surface area contributed by atoms with Crippen LogP contribution in [0.1, 0.15) is 32.7 Å². The van der Waals surface area contributed by atoms with Gasteiger partial charge < -0.3 is 4.74 Å². The Balaban J connectivity index is 1.76. The van der Waals surface area contributed by atoms with Crippen molar-refractivity contribution in [3.05, 3.63) is 71.3 Å². The standard InChI is InChI=1S/C19H15NO4/c1-24-18(23)19(12-7-3-2-4-8-12)11-15(19)20-16(21)13-9-5-6-10-14(13)17(20)22/h2-10,15H,11H2,1H3/t15-,19+/m0/s1. The van der Waals surface area contributed by atoms with Gasteiger partial charge in [-0.1, -0.05) is 42.5 Å². The van der Waals surface area contributed by atoms with Crippen molar-refractivity contribution in [2.75, 3.05) is 7.11 Å². The van der Waals surface area contributed by atoms with Gasteiger partial charge in [0.25, 0.3) is 11.8 Å². The van der Waals surface area contributed by atoms with Crippen LogP contribution in [0.25, 0.3) is 0 Å². The molecule has 1 saturated carbocycles. The number of carbonyl (C=O) groups excluding carboxylic acids is 3. The fourth-order valence-corrected chi connectivity index (χ4v) is 3.61. The minimum Gasteiger partial charge on any atom is -0.468 e. The number of nitrogens with zero attached hydrogens (tertiary/aromatic N) is 1. The maximum Gasteiger partial charge on any atom is 0.318 e. The van der Waals surface area contributed by atoms with E-state index >= 15 is 0 Å². The maximum atomic E-state index is 12.7. The first kappa shape index (κ1) is 14.6. The number of hydrogen-bond donors (Lipinski definition) is 0. The number of imide groups is 1. The molecule has 0 bridgehead atoms. The Morgan fingerprint density at radius 1 is 1.00 bits per heavy atom. The van der Waals surface area contributed by atoms with Crippen molar-refractivity contribution in [1.29, 1.82) is 0 Å².